The molecule has 1 aromatic carbocycles. The Labute approximate surface area is 149 Å². The zero-order valence-electron chi connectivity index (χ0n) is 15.2. The molecule has 0 aliphatic carbocycles. The summed E-state index contributed by atoms with van der Waals surface area (Å²) in [6, 6.07) is 5.00. The number of likely N-dealkylation sites (N-methyl/N-ethyl adjacent to an activating group) is 2. The first-order valence-electron chi connectivity index (χ1n) is 8.32. The van der Waals surface area contributed by atoms with Gasteiger partial charge in [-0.05, 0) is 44.0 Å². The Kier molecular flexibility index (Phi) is 5.72. The molecule has 0 atom stereocenters. The van der Waals surface area contributed by atoms with Crippen LogP contribution in [0.15, 0.2) is 18.2 Å². The number of nitrogens with zero attached hydrogens (tertiary/aromatic N) is 3. The molecule has 1 aliphatic heterocycles. The third kappa shape index (κ3) is 4.12. The average molecular weight is 367 g/mol. The molecule has 0 fully saturated rings. The van der Waals surface area contributed by atoms with Crippen LogP contribution < -0.4 is 4.31 Å². The van der Waals surface area contributed by atoms with Crippen LogP contribution in [0, 0.1) is 0 Å². The lowest BCUT2D eigenvalue weighted by Crippen LogP contribution is -2.41. The number of amides is 2. The van der Waals surface area contributed by atoms with E-state index in [1.54, 1.807) is 30.1 Å². The van der Waals surface area contributed by atoms with Crippen molar-refractivity contribution < 1.29 is 18.0 Å². The Morgan fingerprint density at radius 1 is 1.20 bits per heavy atom. The van der Waals surface area contributed by atoms with Crippen molar-refractivity contribution in [2.24, 2.45) is 0 Å². The number of fused-ring (bicyclic) bond motifs is 1. The molecule has 0 spiro atoms. The van der Waals surface area contributed by atoms with E-state index in [0.717, 1.165) is 5.56 Å². The van der Waals surface area contributed by atoms with Gasteiger partial charge < -0.3 is 9.80 Å². The molecular weight excluding hydrogens is 342 g/mol. The highest BCUT2D eigenvalue weighted by atomic mass is 32.2. The van der Waals surface area contributed by atoms with E-state index in [0.29, 0.717) is 37.3 Å². The smallest absolute Gasteiger partial charge is 0.254 e. The first kappa shape index (κ1) is 19.2. The summed E-state index contributed by atoms with van der Waals surface area (Å²) < 4.78 is 24.9. The summed E-state index contributed by atoms with van der Waals surface area (Å²) in [6.07, 6.45) is 1.75. The van der Waals surface area contributed by atoms with E-state index in [1.807, 2.05) is 13.8 Å². The summed E-state index contributed by atoms with van der Waals surface area (Å²) in [6.45, 7) is 5.43. The van der Waals surface area contributed by atoms with Crippen LogP contribution in [0.1, 0.15) is 29.8 Å². The maximum Gasteiger partial charge on any atom is 0.254 e. The van der Waals surface area contributed by atoms with Gasteiger partial charge in [-0.25, -0.2) is 8.42 Å². The van der Waals surface area contributed by atoms with Crippen LogP contribution in [0.2, 0.25) is 0 Å². The van der Waals surface area contributed by atoms with Gasteiger partial charge >= 0.3 is 0 Å². The van der Waals surface area contributed by atoms with E-state index in [9.17, 15) is 18.0 Å². The monoisotopic (exact) mass is 367 g/mol. The van der Waals surface area contributed by atoms with Gasteiger partial charge in [0.05, 0.1) is 18.5 Å². The largest absolute Gasteiger partial charge is 0.342 e. The van der Waals surface area contributed by atoms with Crippen molar-refractivity contribution in [1.29, 1.82) is 0 Å². The van der Waals surface area contributed by atoms with Gasteiger partial charge in [-0.1, -0.05) is 0 Å². The molecule has 0 unspecified atom stereocenters. The first-order valence-corrected chi connectivity index (χ1v) is 10.2. The van der Waals surface area contributed by atoms with Crippen molar-refractivity contribution in [3.05, 3.63) is 29.3 Å². The number of carbonyl (C=O) groups excluding carboxylic acids is 2. The molecule has 138 valence electrons. The van der Waals surface area contributed by atoms with Gasteiger partial charge in [-0.3, -0.25) is 13.9 Å². The van der Waals surface area contributed by atoms with Gasteiger partial charge in [0.2, 0.25) is 15.9 Å². The van der Waals surface area contributed by atoms with Crippen molar-refractivity contribution >= 4 is 27.5 Å². The summed E-state index contributed by atoms with van der Waals surface area (Å²) in [5.41, 5.74) is 1.92. The Bertz CT molecular complexity index is 772. The van der Waals surface area contributed by atoms with E-state index in [4.69, 9.17) is 0 Å². The maximum absolute atomic E-state index is 12.6. The second-order valence-electron chi connectivity index (χ2n) is 6.16. The van der Waals surface area contributed by atoms with Crippen molar-refractivity contribution in [3.63, 3.8) is 0 Å². The Hall–Kier alpha value is -2.09. The highest BCUT2D eigenvalue weighted by molar-refractivity contribution is 7.92. The van der Waals surface area contributed by atoms with Crippen LogP contribution in [0.3, 0.4) is 0 Å². The molecule has 0 aromatic heterocycles. The van der Waals surface area contributed by atoms with Crippen LogP contribution >= 0.6 is 0 Å². The summed E-state index contributed by atoms with van der Waals surface area (Å²) in [5, 5.41) is 0. The maximum atomic E-state index is 12.6. The van der Waals surface area contributed by atoms with Crippen LogP contribution in [0.5, 0.6) is 0 Å². The quantitative estimate of drug-likeness (QED) is 0.750. The van der Waals surface area contributed by atoms with Gasteiger partial charge in [-0.2, -0.15) is 0 Å². The molecule has 1 aromatic rings. The third-order valence-electron chi connectivity index (χ3n) is 4.41. The molecule has 0 bridgehead atoms. The van der Waals surface area contributed by atoms with Crippen molar-refractivity contribution in [1.82, 2.24) is 9.80 Å². The van der Waals surface area contributed by atoms with Gasteiger partial charge in [-0.15, -0.1) is 0 Å². The molecule has 1 aliphatic rings. The van der Waals surface area contributed by atoms with Gasteiger partial charge in [0.25, 0.3) is 5.91 Å². The lowest BCUT2D eigenvalue weighted by Gasteiger charge is -2.23. The standard InChI is InChI=1S/C17H25N3O4S/c1-5-19(6-2)16(21)12-18(3)17(22)14-7-8-15-13(11-14)9-10-20(15)25(4,23)24/h7-8,11H,5-6,9-10,12H2,1-4H3. The first-order chi connectivity index (χ1) is 11.7. The topological polar surface area (TPSA) is 78.0 Å². The second-order valence-corrected chi connectivity index (χ2v) is 8.06. The minimum atomic E-state index is -3.31. The predicted molar refractivity (Wildman–Crippen MR) is 97.2 cm³/mol. The summed E-state index contributed by atoms with van der Waals surface area (Å²) in [7, 11) is -1.71. The SMILES string of the molecule is CCN(CC)C(=O)CN(C)C(=O)c1ccc2c(c1)CCN2S(C)(=O)=O. The van der Waals surface area contributed by atoms with Gasteiger partial charge in [0.1, 0.15) is 0 Å². The number of carbonyl (C=O) groups is 2. The molecule has 8 heteroatoms. The van der Waals surface area contributed by atoms with Gasteiger partial charge in [0.15, 0.2) is 0 Å². The van der Waals surface area contributed by atoms with E-state index in [2.05, 4.69) is 0 Å². The lowest BCUT2D eigenvalue weighted by molar-refractivity contribution is -0.131. The zero-order valence-corrected chi connectivity index (χ0v) is 16.0. The van der Waals surface area contributed by atoms with Crippen LogP contribution in [-0.2, 0) is 21.2 Å². The zero-order chi connectivity index (χ0) is 18.8. The van der Waals surface area contributed by atoms with Crippen LogP contribution in [0.4, 0.5) is 5.69 Å². The summed E-state index contributed by atoms with van der Waals surface area (Å²) in [5.74, 6) is -0.341. The molecular formula is C17H25N3O4S. The number of rotatable bonds is 6. The number of hydrogen-bond acceptors (Lipinski definition) is 4. The molecule has 0 radical (unpaired) electrons. The fourth-order valence-electron chi connectivity index (χ4n) is 3.02. The van der Waals surface area contributed by atoms with E-state index >= 15 is 0 Å². The fraction of sp³-hybridized carbons (Fsp3) is 0.529. The molecule has 7 nitrogen and oxygen atoms in total. The number of hydrogen-bond donors (Lipinski definition) is 0. The Balaban J connectivity index is 2.15. The fourth-order valence-corrected chi connectivity index (χ4v) is 3.98. The van der Waals surface area contributed by atoms with E-state index < -0.39 is 10.0 Å². The Morgan fingerprint density at radius 2 is 1.84 bits per heavy atom. The third-order valence-corrected chi connectivity index (χ3v) is 5.59. The molecule has 1 heterocycles. The predicted octanol–water partition coefficient (Wildman–Crippen LogP) is 0.949. The molecule has 0 N–H and O–H groups in total. The van der Waals surface area contributed by atoms with E-state index in [-0.39, 0.29) is 18.4 Å². The molecule has 2 amide bonds. The second kappa shape index (κ2) is 7.43. The molecule has 0 saturated carbocycles. The highest BCUT2D eigenvalue weighted by Crippen LogP contribution is 2.30. The number of benzene rings is 1. The number of sulfonamides is 1. The average Bonchev–Trinajstić information content (AvgIpc) is 2.98. The van der Waals surface area contributed by atoms with Crippen molar-refractivity contribution in [2.45, 2.75) is 20.3 Å². The lowest BCUT2D eigenvalue weighted by atomic mass is 10.1. The molecule has 25 heavy (non-hydrogen) atoms. The normalized spacial score (nSPS) is 13.5. The highest BCUT2D eigenvalue weighted by Gasteiger charge is 2.27. The van der Waals surface area contributed by atoms with Crippen molar-refractivity contribution in [2.75, 3.05) is 43.8 Å². The number of anilines is 1. The Morgan fingerprint density at radius 3 is 2.40 bits per heavy atom. The van der Waals surface area contributed by atoms with Crippen molar-refractivity contribution in [3.8, 4) is 0 Å². The van der Waals surface area contributed by atoms with Crippen LogP contribution in [0.25, 0.3) is 0 Å². The molecule has 0 saturated heterocycles. The van der Waals surface area contributed by atoms with E-state index in [1.165, 1.54) is 15.5 Å². The minimum Gasteiger partial charge on any atom is -0.342 e. The summed E-state index contributed by atoms with van der Waals surface area (Å²) >= 11 is 0. The molecule has 2 rings (SSSR count). The summed E-state index contributed by atoms with van der Waals surface area (Å²) in [4.78, 5) is 27.8. The van der Waals surface area contributed by atoms with Crippen LogP contribution in [-0.4, -0.2) is 69.5 Å². The minimum absolute atomic E-state index is 0.0209. The van der Waals surface area contributed by atoms with Gasteiger partial charge in [0, 0.05) is 32.2 Å².